The quantitative estimate of drug-likeness (QED) is 0.844. The van der Waals surface area contributed by atoms with Crippen molar-refractivity contribution in [1.82, 2.24) is 0 Å². The second-order valence-corrected chi connectivity index (χ2v) is 5.46. The molecule has 0 amide bonds. The molecule has 2 rings (SSSR count). The number of hydrogen-bond donors (Lipinski definition) is 1. The number of hydrogen-bond acceptors (Lipinski definition) is 2. The minimum absolute atomic E-state index is 0.0290. The Bertz CT molecular complexity index is 491. The van der Waals surface area contributed by atoms with Gasteiger partial charge in [0.1, 0.15) is 4.99 Å². The van der Waals surface area contributed by atoms with E-state index in [0.29, 0.717) is 5.69 Å². The normalized spacial score (nSPS) is 20.2. The monoisotopic (exact) mass is 284 g/mol. The van der Waals surface area contributed by atoms with Crippen LogP contribution in [0.3, 0.4) is 0 Å². The van der Waals surface area contributed by atoms with E-state index in [2.05, 4.69) is 0 Å². The molecule has 0 radical (unpaired) electrons. The summed E-state index contributed by atoms with van der Waals surface area (Å²) in [5.74, 6) is -1.79. The molecule has 1 fully saturated rings. The lowest BCUT2D eigenvalue weighted by Gasteiger charge is -2.30. The van der Waals surface area contributed by atoms with E-state index in [4.69, 9.17) is 18.0 Å². The van der Waals surface area contributed by atoms with Gasteiger partial charge in [-0.3, -0.25) is 0 Å². The Balaban J connectivity index is 2.39. The van der Waals surface area contributed by atoms with E-state index in [1.54, 1.807) is 6.07 Å². The smallest absolute Gasteiger partial charge is 0.182 e. The van der Waals surface area contributed by atoms with E-state index in [1.165, 1.54) is 6.07 Å². The molecule has 0 bridgehead atoms. The third-order valence-corrected chi connectivity index (χ3v) is 3.91. The summed E-state index contributed by atoms with van der Waals surface area (Å²) in [6.07, 6.45) is 4.27. The number of halogens is 2. The zero-order chi connectivity index (χ0) is 14.0. The first-order chi connectivity index (χ1) is 9.02. The van der Waals surface area contributed by atoms with Gasteiger partial charge in [0.2, 0.25) is 0 Å². The number of anilines is 1. The highest BCUT2D eigenvalue weighted by Crippen LogP contribution is 2.29. The lowest BCUT2D eigenvalue weighted by atomic mass is 10.1. The van der Waals surface area contributed by atoms with Gasteiger partial charge in [0.15, 0.2) is 11.6 Å². The minimum Gasteiger partial charge on any atom is -0.389 e. The van der Waals surface area contributed by atoms with Crippen LogP contribution in [0.5, 0.6) is 0 Å². The zero-order valence-electron chi connectivity index (χ0n) is 11.0. The van der Waals surface area contributed by atoms with Gasteiger partial charge in [0.05, 0.1) is 5.69 Å². The first-order valence-corrected chi connectivity index (χ1v) is 6.97. The molecule has 0 aromatic heterocycles. The van der Waals surface area contributed by atoms with E-state index in [0.717, 1.165) is 32.2 Å². The van der Waals surface area contributed by atoms with E-state index < -0.39 is 11.6 Å². The molecule has 0 spiro atoms. The van der Waals surface area contributed by atoms with Crippen molar-refractivity contribution in [1.29, 1.82) is 0 Å². The Morgan fingerprint density at radius 2 is 2.00 bits per heavy atom. The summed E-state index contributed by atoms with van der Waals surface area (Å²) in [7, 11) is 0. The highest BCUT2D eigenvalue weighted by Gasteiger charge is 2.23. The molecule has 1 aliphatic rings. The average molecular weight is 284 g/mol. The van der Waals surface area contributed by atoms with Gasteiger partial charge in [-0.1, -0.05) is 25.1 Å². The summed E-state index contributed by atoms with van der Waals surface area (Å²) in [5, 5.41) is 0. The molecule has 1 unspecified atom stereocenters. The van der Waals surface area contributed by atoms with Crippen LogP contribution in [-0.2, 0) is 0 Å². The second-order valence-electron chi connectivity index (χ2n) is 5.02. The lowest BCUT2D eigenvalue weighted by Crippen LogP contribution is -2.33. The standard InChI is InChI=1S/C14H18F2N2S/c1-9-5-3-2-4-8-18(9)11-7-6-10(14(17)19)12(15)13(11)16/h6-7,9H,2-5,8H2,1H3,(H2,17,19). The van der Waals surface area contributed by atoms with Gasteiger partial charge in [0.25, 0.3) is 0 Å². The molecule has 19 heavy (non-hydrogen) atoms. The van der Waals surface area contributed by atoms with Crippen molar-refractivity contribution in [3.8, 4) is 0 Å². The maximum absolute atomic E-state index is 14.2. The zero-order valence-corrected chi connectivity index (χ0v) is 11.8. The summed E-state index contributed by atoms with van der Waals surface area (Å²) >= 11 is 4.71. The SMILES string of the molecule is CC1CCCCCN1c1ccc(C(N)=S)c(F)c1F. The summed E-state index contributed by atoms with van der Waals surface area (Å²) < 4.78 is 28.1. The molecule has 1 saturated heterocycles. The number of benzene rings is 1. The predicted octanol–water partition coefficient (Wildman–Crippen LogP) is 3.37. The molecule has 1 aliphatic heterocycles. The van der Waals surface area contributed by atoms with E-state index in [1.807, 2.05) is 11.8 Å². The van der Waals surface area contributed by atoms with Crippen molar-refractivity contribution in [3.05, 3.63) is 29.3 Å². The van der Waals surface area contributed by atoms with Gasteiger partial charge in [-0.2, -0.15) is 0 Å². The molecule has 1 heterocycles. The van der Waals surface area contributed by atoms with Crippen molar-refractivity contribution >= 4 is 22.9 Å². The summed E-state index contributed by atoms with van der Waals surface area (Å²) in [5.41, 5.74) is 5.66. The topological polar surface area (TPSA) is 29.3 Å². The minimum atomic E-state index is -0.943. The summed E-state index contributed by atoms with van der Waals surface area (Å²) in [4.78, 5) is 1.82. The number of rotatable bonds is 2. The number of nitrogens with zero attached hydrogens (tertiary/aromatic N) is 1. The molecule has 0 aliphatic carbocycles. The van der Waals surface area contributed by atoms with Crippen LogP contribution in [0.15, 0.2) is 12.1 Å². The largest absolute Gasteiger partial charge is 0.389 e. The van der Waals surface area contributed by atoms with Gasteiger partial charge in [0, 0.05) is 18.2 Å². The maximum atomic E-state index is 14.2. The summed E-state index contributed by atoms with van der Waals surface area (Å²) in [6, 6.07) is 3.26. The molecule has 5 heteroatoms. The van der Waals surface area contributed by atoms with Crippen LogP contribution in [0, 0.1) is 11.6 Å². The van der Waals surface area contributed by atoms with Crippen LogP contribution in [0.1, 0.15) is 38.2 Å². The highest BCUT2D eigenvalue weighted by atomic mass is 32.1. The molecular formula is C14H18F2N2S. The Morgan fingerprint density at radius 1 is 1.26 bits per heavy atom. The van der Waals surface area contributed by atoms with Crippen LogP contribution in [-0.4, -0.2) is 17.6 Å². The van der Waals surface area contributed by atoms with Crippen molar-refractivity contribution in [3.63, 3.8) is 0 Å². The van der Waals surface area contributed by atoms with Crippen LogP contribution in [0.2, 0.25) is 0 Å². The maximum Gasteiger partial charge on any atom is 0.182 e. The molecule has 0 saturated carbocycles. The molecule has 1 aromatic rings. The highest BCUT2D eigenvalue weighted by molar-refractivity contribution is 7.80. The number of nitrogens with two attached hydrogens (primary N) is 1. The third-order valence-electron chi connectivity index (χ3n) is 3.69. The van der Waals surface area contributed by atoms with Crippen LogP contribution in [0.25, 0.3) is 0 Å². The van der Waals surface area contributed by atoms with Crippen LogP contribution < -0.4 is 10.6 Å². The molecule has 104 valence electrons. The van der Waals surface area contributed by atoms with Crippen molar-refractivity contribution < 1.29 is 8.78 Å². The first-order valence-electron chi connectivity index (χ1n) is 6.57. The Morgan fingerprint density at radius 3 is 2.68 bits per heavy atom. The van der Waals surface area contributed by atoms with Crippen molar-refractivity contribution in [2.45, 2.75) is 38.6 Å². The fraction of sp³-hybridized carbons (Fsp3) is 0.500. The molecule has 2 N–H and O–H groups in total. The van der Waals surface area contributed by atoms with Crippen LogP contribution in [0.4, 0.5) is 14.5 Å². The fourth-order valence-corrected chi connectivity index (χ4v) is 2.74. The Kier molecular flexibility index (Phi) is 4.34. The third kappa shape index (κ3) is 2.86. The second kappa shape index (κ2) is 5.82. The molecular weight excluding hydrogens is 266 g/mol. The summed E-state index contributed by atoms with van der Waals surface area (Å²) in [6.45, 7) is 2.80. The lowest BCUT2D eigenvalue weighted by molar-refractivity contribution is 0.498. The van der Waals surface area contributed by atoms with E-state index in [-0.39, 0.29) is 16.6 Å². The van der Waals surface area contributed by atoms with E-state index >= 15 is 0 Å². The Labute approximate surface area is 117 Å². The van der Waals surface area contributed by atoms with Crippen LogP contribution >= 0.6 is 12.2 Å². The van der Waals surface area contributed by atoms with Gasteiger partial charge in [-0.15, -0.1) is 0 Å². The predicted molar refractivity (Wildman–Crippen MR) is 77.5 cm³/mol. The van der Waals surface area contributed by atoms with Gasteiger partial charge in [-0.05, 0) is 31.9 Å². The molecule has 1 atom stereocenters. The van der Waals surface area contributed by atoms with Gasteiger partial charge < -0.3 is 10.6 Å². The van der Waals surface area contributed by atoms with Gasteiger partial charge in [-0.25, -0.2) is 8.78 Å². The van der Waals surface area contributed by atoms with Gasteiger partial charge >= 0.3 is 0 Å². The first kappa shape index (κ1) is 14.2. The number of thiocarbonyl (C=S) groups is 1. The fourth-order valence-electron chi connectivity index (χ4n) is 2.58. The van der Waals surface area contributed by atoms with E-state index in [9.17, 15) is 8.78 Å². The van der Waals surface area contributed by atoms with Crippen molar-refractivity contribution in [2.24, 2.45) is 5.73 Å². The Hall–Kier alpha value is -1.23. The molecule has 1 aromatic carbocycles. The average Bonchev–Trinajstić information content (AvgIpc) is 2.57. The van der Waals surface area contributed by atoms with Crippen molar-refractivity contribution in [2.75, 3.05) is 11.4 Å². The molecule has 2 nitrogen and oxygen atoms in total.